The van der Waals surface area contributed by atoms with Crippen molar-refractivity contribution in [3.05, 3.63) is 18.1 Å². The van der Waals surface area contributed by atoms with Crippen molar-refractivity contribution in [3.63, 3.8) is 0 Å². The lowest BCUT2D eigenvalue weighted by molar-refractivity contribution is 0.287. The SMILES string of the molecule is CNCc1cnc(OCC2CC2)cn1. The highest BCUT2D eigenvalue weighted by Crippen LogP contribution is 2.28. The summed E-state index contributed by atoms with van der Waals surface area (Å²) >= 11 is 0. The Morgan fingerprint density at radius 1 is 1.43 bits per heavy atom. The first-order chi connectivity index (χ1) is 6.88. The van der Waals surface area contributed by atoms with E-state index < -0.39 is 0 Å². The summed E-state index contributed by atoms with van der Waals surface area (Å²) in [6.45, 7) is 1.54. The third kappa shape index (κ3) is 2.67. The highest BCUT2D eigenvalue weighted by Gasteiger charge is 2.22. The monoisotopic (exact) mass is 193 g/mol. The fourth-order valence-corrected chi connectivity index (χ4v) is 1.18. The molecule has 0 bridgehead atoms. The van der Waals surface area contributed by atoms with Crippen molar-refractivity contribution in [2.24, 2.45) is 5.92 Å². The molecule has 76 valence electrons. The van der Waals surface area contributed by atoms with Crippen molar-refractivity contribution in [1.82, 2.24) is 15.3 Å². The topological polar surface area (TPSA) is 47.0 Å². The normalized spacial score (nSPS) is 15.5. The number of nitrogens with zero attached hydrogens (tertiary/aromatic N) is 2. The molecule has 1 aromatic heterocycles. The lowest BCUT2D eigenvalue weighted by atomic mass is 10.4. The predicted octanol–water partition coefficient (Wildman–Crippen LogP) is 0.985. The van der Waals surface area contributed by atoms with Crippen LogP contribution < -0.4 is 10.1 Å². The molecule has 1 aliphatic carbocycles. The van der Waals surface area contributed by atoms with Crippen LogP contribution in [0.2, 0.25) is 0 Å². The van der Waals surface area contributed by atoms with E-state index in [0.717, 1.165) is 24.8 Å². The molecule has 1 fully saturated rings. The van der Waals surface area contributed by atoms with Crippen molar-refractivity contribution in [3.8, 4) is 5.88 Å². The van der Waals surface area contributed by atoms with Gasteiger partial charge in [-0.2, -0.15) is 0 Å². The zero-order chi connectivity index (χ0) is 9.80. The fraction of sp³-hybridized carbons (Fsp3) is 0.600. The summed E-state index contributed by atoms with van der Waals surface area (Å²) in [4.78, 5) is 8.39. The molecule has 0 unspecified atom stereocenters. The van der Waals surface area contributed by atoms with Crippen LogP contribution in [0.1, 0.15) is 18.5 Å². The van der Waals surface area contributed by atoms with Crippen LogP contribution in [0.4, 0.5) is 0 Å². The summed E-state index contributed by atoms with van der Waals surface area (Å²) < 4.78 is 5.47. The maximum absolute atomic E-state index is 5.47. The van der Waals surface area contributed by atoms with Gasteiger partial charge in [-0.3, -0.25) is 4.98 Å². The molecule has 0 radical (unpaired) electrons. The molecule has 1 heterocycles. The van der Waals surface area contributed by atoms with Crippen LogP contribution in [0.3, 0.4) is 0 Å². The van der Waals surface area contributed by atoms with E-state index in [-0.39, 0.29) is 0 Å². The van der Waals surface area contributed by atoms with Gasteiger partial charge >= 0.3 is 0 Å². The first-order valence-corrected chi connectivity index (χ1v) is 4.97. The zero-order valence-corrected chi connectivity index (χ0v) is 8.36. The number of aromatic nitrogens is 2. The molecule has 4 nitrogen and oxygen atoms in total. The number of hydrogen-bond acceptors (Lipinski definition) is 4. The second kappa shape index (κ2) is 4.37. The second-order valence-electron chi connectivity index (χ2n) is 3.63. The largest absolute Gasteiger partial charge is 0.476 e. The van der Waals surface area contributed by atoms with E-state index in [1.807, 2.05) is 7.05 Å². The lowest BCUT2D eigenvalue weighted by Crippen LogP contribution is -2.08. The molecule has 1 aromatic rings. The van der Waals surface area contributed by atoms with Gasteiger partial charge in [-0.1, -0.05) is 0 Å². The Morgan fingerprint density at radius 3 is 2.86 bits per heavy atom. The van der Waals surface area contributed by atoms with Crippen LogP contribution in [0, 0.1) is 5.92 Å². The average Bonchev–Trinajstić information content (AvgIpc) is 3.01. The molecule has 0 saturated heterocycles. The molecule has 14 heavy (non-hydrogen) atoms. The Morgan fingerprint density at radius 2 is 2.29 bits per heavy atom. The summed E-state index contributed by atoms with van der Waals surface area (Å²) in [5, 5.41) is 3.02. The van der Waals surface area contributed by atoms with Gasteiger partial charge < -0.3 is 10.1 Å². The molecule has 0 spiro atoms. The van der Waals surface area contributed by atoms with Gasteiger partial charge in [0.2, 0.25) is 5.88 Å². The smallest absolute Gasteiger partial charge is 0.232 e. The summed E-state index contributed by atoms with van der Waals surface area (Å²) in [6.07, 6.45) is 6.03. The van der Waals surface area contributed by atoms with Gasteiger partial charge in [0, 0.05) is 6.54 Å². The van der Waals surface area contributed by atoms with E-state index in [1.54, 1.807) is 12.4 Å². The van der Waals surface area contributed by atoms with E-state index in [4.69, 9.17) is 4.74 Å². The summed E-state index contributed by atoms with van der Waals surface area (Å²) in [5.41, 5.74) is 0.936. The van der Waals surface area contributed by atoms with Crippen LogP contribution in [-0.2, 0) is 6.54 Å². The minimum atomic E-state index is 0.636. The molecule has 4 heteroatoms. The van der Waals surface area contributed by atoms with Crippen LogP contribution in [-0.4, -0.2) is 23.6 Å². The molecule has 1 N–H and O–H groups in total. The van der Waals surface area contributed by atoms with Crippen molar-refractivity contribution >= 4 is 0 Å². The van der Waals surface area contributed by atoms with E-state index >= 15 is 0 Å². The van der Waals surface area contributed by atoms with Crippen LogP contribution in [0.5, 0.6) is 5.88 Å². The fourth-order valence-electron chi connectivity index (χ4n) is 1.18. The molecule has 0 atom stereocenters. The van der Waals surface area contributed by atoms with Crippen molar-refractivity contribution in [2.45, 2.75) is 19.4 Å². The van der Waals surface area contributed by atoms with E-state index in [0.29, 0.717) is 5.88 Å². The summed E-state index contributed by atoms with van der Waals surface area (Å²) in [7, 11) is 1.89. The van der Waals surface area contributed by atoms with E-state index in [1.165, 1.54) is 12.8 Å². The van der Waals surface area contributed by atoms with Crippen LogP contribution in [0.15, 0.2) is 12.4 Å². The Labute approximate surface area is 83.7 Å². The highest BCUT2D eigenvalue weighted by atomic mass is 16.5. The van der Waals surface area contributed by atoms with Gasteiger partial charge in [0.25, 0.3) is 0 Å². The van der Waals surface area contributed by atoms with Crippen molar-refractivity contribution in [1.29, 1.82) is 0 Å². The van der Waals surface area contributed by atoms with Crippen molar-refractivity contribution in [2.75, 3.05) is 13.7 Å². The second-order valence-corrected chi connectivity index (χ2v) is 3.63. The maximum Gasteiger partial charge on any atom is 0.232 e. The standard InChI is InChI=1S/C10H15N3O/c1-11-4-9-5-13-10(6-12-9)14-7-8-2-3-8/h5-6,8,11H,2-4,7H2,1H3. The minimum Gasteiger partial charge on any atom is -0.476 e. The van der Waals surface area contributed by atoms with E-state index in [9.17, 15) is 0 Å². The number of nitrogens with one attached hydrogen (secondary N) is 1. The minimum absolute atomic E-state index is 0.636. The van der Waals surface area contributed by atoms with Gasteiger partial charge in [-0.25, -0.2) is 4.98 Å². The van der Waals surface area contributed by atoms with Gasteiger partial charge in [0.05, 0.1) is 24.7 Å². The van der Waals surface area contributed by atoms with Gasteiger partial charge in [-0.05, 0) is 25.8 Å². The molecule has 0 amide bonds. The quantitative estimate of drug-likeness (QED) is 0.757. The Kier molecular flexibility index (Phi) is 2.93. The third-order valence-corrected chi connectivity index (χ3v) is 2.20. The maximum atomic E-state index is 5.47. The first-order valence-electron chi connectivity index (χ1n) is 4.97. The molecule has 2 rings (SSSR count). The van der Waals surface area contributed by atoms with Gasteiger partial charge in [-0.15, -0.1) is 0 Å². The predicted molar refractivity (Wildman–Crippen MR) is 53.0 cm³/mol. The molecule has 0 aromatic carbocycles. The first kappa shape index (κ1) is 9.40. The Balaban J connectivity index is 1.84. The highest BCUT2D eigenvalue weighted by molar-refractivity contribution is 5.07. The molecular weight excluding hydrogens is 178 g/mol. The van der Waals surface area contributed by atoms with Crippen LogP contribution >= 0.6 is 0 Å². The number of hydrogen-bond donors (Lipinski definition) is 1. The van der Waals surface area contributed by atoms with Gasteiger partial charge in [0.1, 0.15) is 0 Å². The molecule has 1 saturated carbocycles. The Bertz CT molecular complexity index is 282. The molecular formula is C10H15N3O. The zero-order valence-electron chi connectivity index (χ0n) is 8.36. The Hall–Kier alpha value is -1.16. The third-order valence-electron chi connectivity index (χ3n) is 2.20. The lowest BCUT2D eigenvalue weighted by Gasteiger charge is -2.03. The average molecular weight is 193 g/mol. The summed E-state index contributed by atoms with van der Waals surface area (Å²) in [5.74, 6) is 1.39. The molecule has 1 aliphatic rings. The summed E-state index contributed by atoms with van der Waals surface area (Å²) in [6, 6.07) is 0. The van der Waals surface area contributed by atoms with Crippen molar-refractivity contribution < 1.29 is 4.74 Å². The van der Waals surface area contributed by atoms with Crippen LogP contribution in [0.25, 0.3) is 0 Å². The number of ether oxygens (including phenoxy) is 1. The number of rotatable bonds is 5. The molecule has 0 aliphatic heterocycles. The van der Waals surface area contributed by atoms with E-state index in [2.05, 4.69) is 15.3 Å². The van der Waals surface area contributed by atoms with Gasteiger partial charge in [0.15, 0.2) is 0 Å².